The number of nitriles is 1. The van der Waals surface area contributed by atoms with Gasteiger partial charge in [0.05, 0.1) is 6.07 Å². The van der Waals surface area contributed by atoms with Crippen LogP contribution in [0.5, 0.6) is 0 Å². The largest absolute Gasteiger partial charge is 0.312 e. The summed E-state index contributed by atoms with van der Waals surface area (Å²) in [6.45, 7) is 0.821. The molecule has 0 unspecified atom stereocenters. The fourth-order valence-corrected chi connectivity index (χ4v) is 1.03. The molecule has 0 atom stereocenters. The van der Waals surface area contributed by atoms with Gasteiger partial charge in [-0.15, -0.1) is 0 Å². The Morgan fingerprint density at radius 3 is 2.79 bits per heavy atom. The first-order chi connectivity index (χ1) is 6.74. The van der Waals surface area contributed by atoms with Gasteiger partial charge in [-0.25, -0.2) is 8.78 Å². The quantitative estimate of drug-likeness (QED) is 0.747. The Kier molecular flexibility index (Phi) is 4.02. The molecule has 0 saturated heterocycles. The molecule has 1 aromatic carbocycles. The van der Waals surface area contributed by atoms with Crippen molar-refractivity contribution in [3.8, 4) is 6.07 Å². The molecule has 0 aliphatic heterocycles. The van der Waals surface area contributed by atoms with Gasteiger partial charge >= 0.3 is 0 Å². The molecule has 0 radical (unpaired) electrons. The van der Waals surface area contributed by atoms with Crippen LogP contribution in [0.1, 0.15) is 12.0 Å². The maximum atomic E-state index is 13.0. The molecular formula is C10H10F2N2. The highest BCUT2D eigenvalue weighted by Crippen LogP contribution is 2.08. The molecule has 0 amide bonds. The Morgan fingerprint density at radius 2 is 2.14 bits per heavy atom. The first kappa shape index (κ1) is 10.6. The zero-order valence-electron chi connectivity index (χ0n) is 7.56. The van der Waals surface area contributed by atoms with E-state index in [0.29, 0.717) is 25.1 Å². The lowest BCUT2D eigenvalue weighted by Gasteiger charge is -2.03. The van der Waals surface area contributed by atoms with Crippen molar-refractivity contribution < 1.29 is 8.78 Å². The van der Waals surface area contributed by atoms with Gasteiger partial charge in [0.2, 0.25) is 0 Å². The van der Waals surface area contributed by atoms with E-state index in [1.807, 2.05) is 6.07 Å². The fraction of sp³-hybridized carbons (Fsp3) is 0.300. The van der Waals surface area contributed by atoms with Gasteiger partial charge in [-0.1, -0.05) is 6.07 Å². The number of nitrogens with one attached hydrogen (secondary N) is 1. The average Bonchev–Trinajstić information content (AvgIpc) is 2.15. The van der Waals surface area contributed by atoms with Crippen molar-refractivity contribution in [1.29, 1.82) is 5.26 Å². The van der Waals surface area contributed by atoms with Gasteiger partial charge in [0.25, 0.3) is 0 Å². The Balaban J connectivity index is 2.47. The highest BCUT2D eigenvalue weighted by Gasteiger charge is 2.02. The Bertz CT molecular complexity index is 344. The lowest BCUT2D eigenvalue weighted by molar-refractivity contribution is 0.561. The molecule has 1 aromatic rings. The summed E-state index contributed by atoms with van der Waals surface area (Å²) in [4.78, 5) is 0. The van der Waals surface area contributed by atoms with Gasteiger partial charge < -0.3 is 5.32 Å². The second-order valence-corrected chi connectivity index (χ2v) is 2.82. The van der Waals surface area contributed by atoms with Crippen LogP contribution in [0.4, 0.5) is 8.78 Å². The smallest absolute Gasteiger partial charge is 0.130 e. The van der Waals surface area contributed by atoms with E-state index >= 15 is 0 Å². The number of hydrogen-bond acceptors (Lipinski definition) is 2. The maximum absolute atomic E-state index is 13.0. The second kappa shape index (κ2) is 5.30. The van der Waals surface area contributed by atoms with E-state index in [0.717, 1.165) is 6.07 Å². The number of benzene rings is 1. The summed E-state index contributed by atoms with van der Waals surface area (Å²) in [6, 6.07) is 5.42. The molecule has 14 heavy (non-hydrogen) atoms. The number of rotatable bonds is 4. The van der Waals surface area contributed by atoms with Crippen LogP contribution in [0, 0.1) is 23.0 Å². The monoisotopic (exact) mass is 196 g/mol. The van der Waals surface area contributed by atoms with Crippen LogP contribution in [0.2, 0.25) is 0 Å². The predicted molar refractivity (Wildman–Crippen MR) is 48.3 cm³/mol. The summed E-state index contributed by atoms with van der Waals surface area (Å²) >= 11 is 0. The van der Waals surface area contributed by atoms with Crippen LogP contribution in [0.3, 0.4) is 0 Å². The zero-order chi connectivity index (χ0) is 10.4. The third-order valence-corrected chi connectivity index (χ3v) is 1.74. The summed E-state index contributed by atoms with van der Waals surface area (Å²) in [5.74, 6) is -1.14. The van der Waals surface area contributed by atoms with Crippen molar-refractivity contribution in [2.24, 2.45) is 0 Å². The summed E-state index contributed by atoms with van der Waals surface area (Å²) in [5, 5.41) is 11.1. The highest BCUT2D eigenvalue weighted by atomic mass is 19.1. The first-order valence-electron chi connectivity index (χ1n) is 4.25. The SMILES string of the molecule is N#CCCNCc1ccc(F)cc1F. The molecule has 4 heteroatoms. The minimum Gasteiger partial charge on any atom is -0.312 e. The molecule has 0 spiro atoms. The molecule has 0 fully saturated rings. The standard InChI is InChI=1S/C10H10F2N2/c11-9-3-2-8(10(12)6-9)7-14-5-1-4-13/h2-3,6,14H,1,5,7H2. The Hall–Kier alpha value is -1.47. The van der Waals surface area contributed by atoms with E-state index in [1.54, 1.807) is 0 Å². The minimum absolute atomic E-state index is 0.313. The molecule has 0 heterocycles. The zero-order valence-corrected chi connectivity index (χ0v) is 7.56. The van der Waals surface area contributed by atoms with Gasteiger partial charge in [0.15, 0.2) is 0 Å². The average molecular weight is 196 g/mol. The van der Waals surface area contributed by atoms with E-state index in [1.165, 1.54) is 12.1 Å². The van der Waals surface area contributed by atoms with Crippen molar-refractivity contribution in [3.63, 3.8) is 0 Å². The van der Waals surface area contributed by atoms with E-state index < -0.39 is 11.6 Å². The number of halogens is 2. The summed E-state index contributed by atoms with van der Waals surface area (Å²) in [6.07, 6.45) is 0.378. The number of nitrogens with zero attached hydrogens (tertiary/aromatic N) is 1. The second-order valence-electron chi connectivity index (χ2n) is 2.82. The third kappa shape index (κ3) is 3.11. The molecule has 0 aliphatic rings. The van der Waals surface area contributed by atoms with Gasteiger partial charge in [-0.05, 0) is 6.07 Å². The minimum atomic E-state index is -0.580. The third-order valence-electron chi connectivity index (χ3n) is 1.74. The van der Waals surface area contributed by atoms with Gasteiger partial charge in [-0.2, -0.15) is 5.26 Å². The maximum Gasteiger partial charge on any atom is 0.130 e. The molecule has 0 bridgehead atoms. The van der Waals surface area contributed by atoms with Crippen molar-refractivity contribution in [1.82, 2.24) is 5.32 Å². The van der Waals surface area contributed by atoms with Gasteiger partial charge in [0, 0.05) is 31.1 Å². The molecular weight excluding hydrogens is 186 g/mol. The van der Waals surface area contributed by atoms with Crippen molar-refractivity contribution in [2.45, 2.75) is 13.0 Å². The van der Waals surface area contributed by atoms with Crippen molar-refractivity contribution in [2.75, 3.05) is 6.54 Å². The van der Waals surface area contributed by atoms with Crippen LogP contribution < -0.4 is 5.32 Å². The van der Waals surface area contributed by atoms with Gasteiger partial charge in [0.1, 0.15) is 11.6 Å². The van der Waals surface area contributed by atoms with E-state index in [-0.39, 0.29) is 0 Å². The molecule has 1 rings (SSSR count). The summed E-state index contributed by atoms with van der Waals surface area (Å²) < 4.78 is 25.5. The Morgan fingerprint density at radius 1 is 1.36 bits per heavy atom. The Labute approximate surface area is 81.2 Å². The topological polar surface area (TPSA) is 35.8 Å². The summed E-state index contributed by atoms with van der Waals surface area (Å²) in [7, 11) is 0. The van der Waals surface area contributed by atoms with Crippen LogP contribution in [0.15, 0.2) is 18.2 Å². The van der Waals surface area contributed by atoms with Crippen molar-refractivity contribution >= 4 is 0 Å². The lowest BCUT2D eigenvalue weighted by Crippen LogP contribution is -2.15. The lowest BCUT2D eigenvalue weighted by atomic mass is 10.2. The molecule has 74 valence electrons. The van der Waals surface area contributed by atoms with Crippen LogP contribution in [-0.4, -0.2) is 6.54 Å². The molecule has 2 nitrogen and oxygen atoms in total. The highest BCUT2D eigenvalue weighted by molar-refractivity contribution is 5.18. The summed E-state index contributed by atoms with van der Waals surface area (Å²) in [5.41, 5.74) is 0.407. The van der Waals surface area contributed by atoms with E-state index in [9.17, 15) is 8.78 Å². The predicted octanol–water partition coefficient (Wildman–Crippen LogP) is 1.97. The molecule has 0 aromatic heterocycles. The van der Waals surface area contributed by atoms with Crippen LogP contribution >= 0.6 is 0 Å². The molecule has 0 aliphatic carbocycles. The first-order valence-corrected chi connectivity index (χ1v) is 4.25. The van der Waals surface area contributed by atoms with Crippen LogP contribution in [0.25, 0.3) is 0 Å². The number of hydrogen-bond donors (Lipinski definition) is 1. The van der Waals surface area contributed by atoms with E-state index in [2.05, 4.69) is 5.32 Å². The van der Waals surface area contributed by atoms with E-state index in [4.69, 9.17) is 5.26 Å². The van der Waals surface area contributed by atoms with Crippen LogP contribution in [-0.2, 0) is 6.54 Å². The van der Waals surface area contributed by atoms with Crippen molar-refractivity contribution in [3.05, 3.63) is 35.4 Å². The molecule has 0 saturated carbocycles. The normalized spacial score (nSPS) is 9.79. The molecule has 1 N–H and O–H groups in total. The van der Waals surface area contributed by atoms with Gasteiger partial charge in [-0.3, -0.25) is 0 Å². The fourth-order valence-electron chi connectivity index (χ4n) is 1.03.